The summed E-state index contributed by atoms with van der Waals surface area (Å²) < 4.78 is 5.18. The summed E-state index contributed by atoms with van der Waals surface area (Å²) in [4.78, 5) is 26.4. The zero-order valence-corrected chi connectivity index (χ0v) is 19.5. The zero-order chi connectivity index (χ0) is 23.2. The van der Waals surface area contributed by atoms with Crippen molar-refractivity contribution in [1.82, 2.24) is 14.9 Å². The first-order valence-corrected chi connectivity index (χ1v) is 11.3. The van der Waals surface area contributed by atoms with Crippen molar-refractivity contribution in [3.63, 3.8) is 0 Å². The second-order valence-electron chi connectivity index (χ2n) is 8.58. The Bertz CT molecular complexity index is 1070. The third-order valence-electron chi connectivity index (χ3n) is 5.92. The van der Waals surface area contributed by atoms with Gasteiger partial charge in [-0.2, -0.15) is 0 Å². The molecule has 1 fully saturated rings. The van der Waals surface area contributed by atoms with Gasteiger partial charge >= 0.3 is 0 Å². The molecule has 1 aliphatic heterocycles. The van der Waals surface area contributed by atoms with Gasteiger partial charge < -0.3 is 15.0 Å². The molecule has 1 saturated heterocycles. The Balaban J connectivity index is 1.49. The Morgan fingerprint density at radius 2 is 1.91 bits per heavy atom. The minimum absolute atomic E-state index is 0.0132. The summed E-state index contributed by atoms with van der Waals surface area (Å²) in [5.74, 6) is 1.70. The summed E-state index contributed by atoms with van der Waals surface area (Å²) in [7, 11) is 5.54. The molecule has 2 heterocycles. The normalized spacial score (nSPS) is 16.3. The second-order valence-corrected chi connectivity index (χ2v) is 8.58. The van der Waals surface area contributed by atoms with E-state index in [0.717, 1.165) is 54.2 Å². The van der Waals surface area contributed by atoms with Gasteiger partial charge in [-0.1, -0.05) is 30.3 Å². The Kier molecular flexibility index (Phi) is 7.19. The number of hydrogen-bond donors (Lipinski definition) is 1. The van der Waals surface area contributed by atoms with Gasteiger partial charge in [0.1, 0.15) is 5.75 Å². The highest BCUT2D eigenvalue weighted by Gasteiger charge is 2.27. The number of piperidine rings is 1. The summed E-state index contributed by atoms with van der Waals surface area (Å²) >= 11 is 0. The number of ether oxygens (including phenoxy) is 1. The first kappa shape index (κ1) is 22.7. The molecule has 1 aliphatic rings. The summed E-state index contributed by atoms with van der Waals surface area (Å²) in [6.45, 7) is 2.05. The van der Waals surface area contributed by atoms with Crippen LogP contribution in [0.1, 0.15) is 24.5 Å². The Hall–Kier alpha value is -3.45. The molecule has 7 heteroatoms. The SMILES string of the molecule is COc1ccc(NC(=O)CN2CCC[C@@H](c3nc(N(C)C)ncc3-c3ccccc3)C2)cc1. The van der Waals surface area contributed by atoms with Crippen LogP contribution in [0.4, 0.5) is 11.6 Å². The van der Waals surface area contributed by atoms with Gasteiger partial charge in [-0.15, -0.1) is 0 Å². The van der Waals surface area contributed by atoms with Gasteiger partial charge in [0.15, 0.2) is 0 Å². The van der Waals surface area contributed by atoms with Crippen molar-refractivity contribution in [2.75, 3.05) is 51.1 Å². The molecule has 0 aliphatic carbocycles. The zero-order valence-electron chi connectivity index (χ0n) is 19.5. The third-order valence-corrected chi connectivity index (χ3v) is 5.92. The lowest BCUT2D eigenvalue weighted by Crippen LogP contribution is -2.40. The Morgan fingerprint density at radius 3 is 2.61 bits per heavy atom. The number of aromatic nitrogens is 2. The van der Waals surface area contributed by atoms with E-state index in [4.69, 9.17) is 9.72 Å². The molecule has 1 amide bonds. The number of rotatable bonds is 7. The van der Waals surface area contributed by atoms with Crippen LogP contribution in [0.3, 0.4) is 0 Å². The van der Waals surface area contributed by atoms with Crippen molar-refractivity contribution in [2.45, 2.75) is 18.8 Å². The molecular weight excluding hydrogens is 414 g/mol. The molecule has 1 aromatic heterocycles. The molecule has 0 bridgehead atoms. The summed E-state index contributed by atoms with van der Waals surface area (Å²) in [5.41, 5.74) is 4.01. The highest BCUT2D eigenvalue weighted by molar-refractivity contribution is 5.92. The van der Waals surface area contributed by atoms with Crippen LogP contribution < -0.4 is 15.0 Å². The number of hydrogen-bond acceptors (Lipinski definition) is 6. The Morgan fingerprint density at radius 1 is 1.15 bits per heavy atom. The molecule has 1 N–H and O–H groups in total. The van der Waals surface area contributed by atoms with Crippen LogP contribution in [0.15, 0.2) is 60.8 Å². The van der Waals surface area contributed by atoms with Crippen molar-refractivity contribution >= 4 is 17.5 Å². The molecule has 2 aromatic carbocycles. The van der Waals surface area contributed by atoms with E-state index in [2.05, 4.69) is 27.3 Å². The molecule has 7 nitrogen and oxygen atoms in total. The lowest BCUT2D eigenvalue weighted by atomic mass is 9.90. The minimum atomic E-state index is -0.0132. The average molecular weight is 446 g/mol. The number of methoxy groups -OCH3 is 1. The van der Waals surface area contributed by atoms with E-state index in [1.165, 1.54) is 0 Å². The fourth-order valence-electron chi connectivity index (χ4n) is 4.25. The predicted octanol–water partition coefficient (Wildman–Crippen LogP) is 4.04. The fourth-order valence-corrected chi connectivity index (χ4v) is 4.25. The van der Waals surface area contributed by atoms with Gasteiger partial charge in [-0.3, -0.25) is 9.69 Å². The monoisotopic (exact) mass is 445 g/mol. The molecule has 0 spiro atoms. The van der Waals surface area contributed by atoms with Crippen LogP contribution in [-0.2, 0) is 4.79 Å². The number of anilines is 2. The van der Waals surface area contributed by atoms with E-state index < -0.39 is 0 Å². The minimum Gasteiger partial charge on any atom is -0.497 e. The molecule has 4 rings (SSSR count). The van der Waals surface area contributed by atoms with Crippen LogP contribution >= 0.6 is 0 Å². The Labute approximate surface area is 195 Å². The molecule has 0 radical (unpaired) electrons. The summed E-state index contributed by atoms with van der Waals surface area (Å²) in [5, 5.41) is 2.99. The van der Waals surface area contributed by atoms with Crippen molar-refractivity contribution in [1.29, 1.82) is 0 Å². The van der Waals surface area contributed by atoms with E-state index in [1.807, 2.05) is 67.7 Å². The van der Waals surface area contributed by atoms with Gasteiger partial charge in [0.2, 0.25) is 11.9 Å². The van der Waals surface area contributed by atoms with E-state index in [-0.39, 0.29) is 11.8 Å². The van der Waals surface area contributed by atoms with E-state index >= 15 is 0 Å². The highest BCUT2D eigenvalue weighted by Crippen LogP contribution is 2.33. The fraction of sp³-hybridized carbons (Fsp3) is 0.346. The molecule has 3 aromatic rings. The van der Waals surface area contributed by atoms with E-state index in [9.17, 15) is 4.79 Å². The third kappa shape index (κ3) is 5.68. The maximum atomic E-state index is 12.7. The number of nitrogens with zero attached hydrogens (tertiary/aromatic N) is 4. The van der Waals surface area contributed by atoms with Crippen molar-refractivity contribution in [3.8, 4) is 16.9 Å². The maximum absolute atomic E-state index is 12.7. The lowest BCUT2D eigenvalue weighted by Gasteiger charge is -2.33. The second kappa shape index (κ2) is 10.4. The quantitative estimate of drug-likeness (QED) is 0.592. The number of carbonyl (C=O) groups excluding carboxylic acids is 1. The maximum Gasteiger partial charge on any atom is 0.238 e. The number of amides is 1. The molecule has 33 heavy (non-hydrogen) atoms. The van der Waals surface area contributed by atoms with Crippen molar-refractivity contribution < 1.29 is 9.53 Å². The van der Waals surface area contributed by atoms with Crippen molar-refractivity contribution in [2.24, 2.45) is 0 Å². The van der Waals surface area contributed by atoms with Gasteiger partial charge in [-0.05, 0) is 49.2 Å². The standard InChI is InChI=1S/C26H31N5O2/c1-30(2)26-27-16-23(19-8-5-4-6-9-19)25(29-26)20-10-7-15-31(17-20)18-24(32)28-21-11-13-22(33-3)14-12-21/h4-6,8-9,11-14,16,20H,7,10,15,17-18H2,1-3H3,(H,28,32)/t20-/m1/s1. The number of likely N-dealkylation sites (tertiary alicyclic amines) is 1. The van der Waals surface area contributed by atoms with Crippen LogP contribution in [0.25, 0.3) is 11.1 Å². The molecule has 0 saturated carbocycles. The predicted molar refractivity (Wildman–Crippen MR) is 132 cm³/mol. The highest BCUT2D eigenvalue weighted by atomic mass is 16.5. The van der Waals surface area contributed by atoms with Crippen molar-refractivity contribution in [3.05, 3.63) is 66.5 Å². The van der Waals surface area contributed by atoms with Crippen LogP contribution in [0.5, 0.6) is 5.75 Å². The smallest absolute Gasteiger partial charge is 0.238 e. The number of carbonyl (C=O) groups is 1. The van der Waals surface area contributed by atoms with Gasteiger partial charge in [0, 0.05) is 44.0 Å². The topological polar surface area (TPSA) is 70.6 Å². The lowest BCUT2D eigenvalue weighted by molar-refractivity contribution is -0.117. The molecule has 1 atom stereocenters. The average Bonchev–Trinajstić information content (AvgIpc) is 2.84. The van der Waals surface area contributed by atoms with Gasteiger partial charge in [0.05, 0.1) is 19.3 Å². The van der Waals surface area contributed by atoms with E-state index in [1.54, 1.807) is 7.11 Å². The first-order chi connectivity index (χ1) is 16.0. The summed E-state index contributed by atoms with van der Waals surface area (Å²) in [6, 6.07) is 17.7. The van der Waals surface area contributed by atoms with Gasteiger partial charge in [0.25, 0.3) is 0 Å². The largest absolute Gasteiger partial charge is 0.497 e. The van der Waals surface area contributed by atoms with Crippen LogP contribution in [0.2, 0.25) is 0 Å². The number of benzene rings is 2. The number of nitrogens with one attached hydrogen (secondary N) is 1. The molecule has 0 unspecified atom stereocenters. The van der Waals surface area contributed by atoms with Crippen LogP contribution in [0, 0.1) is 0 Å². The van der Waals surface area contributed by atoms with Gasteiger partial charge in [-0.25, -0.2) is 9.97 Å². The molecule has 172 valence electrons. The van der Waals surface area contributed by atoms with Crippen LogP contribution in [-0.4, -0.2) is 61.6 Å². The summed E-state index contributed by atoms with van der Waals surface area (Å²) in [6.07, 6.45) is 4.00. The van der Waals surface area contributed by atoms with E-state index in [0.29, 0.717) is 12.5 Å². The first-order valence-electron chi connectivity index (χ1n) is 11.3. The molecular formula is C26H31N5O2.